The van der Waals surface area contributed by atoms with E-state index in [1.54, 1.807) is 6.20 Å². The fourth-order valence-corrected chi connectivity index (χ4v) is 1.87. The van der Waals surface area contributed by atoms with E-state index in [4.69, 9.17) is 20.6 Å². The van der Waals surface area contributed by atoms with Crippen LogP contribution in [-0.2, 0) is 16.1 Å². The highest BCUT2D eigenvalue weighted by Crippen LogP contribution is 2.13. The molecular weight excluding hydrogens is 218 g/mol. The summed E-state index contributed by atoms with van der Waals surface area (Å²) in [4.78, 5) is 4.07. The number of nitrogens with zero attached hydrogens (tertiary/aromatic N) is 1. The highest BCUT2D eigenvalue weighted by molar-refractivity contribution is 5.94. The Balaban J connectivity index is 1.87. The molecule has 1 fully saturated rings. The van der Waals surface area contributed by atoms with Crippen molar-refractivity contribution in [3.8, 4) is 0 Å². The minimum Gasteiger partial charge on any atom is -0.382 e. The van der Waals surface area contributed by atoms with E-state index in [0.717, 1.165) is 25.0 Å². The van der Waals surface area contributed by atoms with Gasteiger partial charge in [0.2, 0.25) is 0 Å². The molecule has 92 valence electrons. The normalized spacial score (nSPS) is 19.4. The molecule has 1 aromatic heterocycles. The van der Waals surface area contributed by atoms with E-state index in [2.05, 4.69) is 4.98 Å². The van der Waals surface area contributed by atoms with Crippen molar-refractivity contribution in [1.82, 2.24) is 4.98 Å². The zero-order valence-electron chi connectivity index (χ0n) is 9.69. The minimum absolute atomic E-state index is 0.0266. The first kappa shape index (κ1) is 12.0. The van der Waals surface area contributed by atoms with Crippen LogP contribution < -0.4 is 5.73 Å². The number of ether oxygens (including phenoxy) is 2. The molecule has 1 saturated heterocycles. The van der Waals surface area contributed by atoms with Crippen LogP contribution in [0.1, 0.15) is 24.1 Å². The van der Waals surface area contributed by atoms with Crippen molar-refractivity contribution in [3.63, 3.8) is 0 Å². The van der Waals surface area contributed by atoms with Gasteiger partial charge in [-0.25, -0.2) is 0 Å². The predicted molar refractivity (Wildman–Crippen MR) is 63.9 cm³/mol. The third-order valence-corrected chi connectivity index (χ3v) is 2.73. The number of nitrogen functional groups attached to an aromatic ring is 1. The molecule has 0 amide bonds. The Kier molecular flexibility index (Phi) is 4.06. The van der Waals surface area contributed by atoms with E-state index in [1.807, 2.05) is 12.1 Å². The lowest BCUT2D eigenvalue weighted by Crippen LogP contribution is -2.18. The summed E-state index contributed by atoms with van der Waals surface area (Å²) in [6.07, 6.45) is 4.01. The second-order valence-corrected chi connectivity index (χ2v) is 4.07. The molecule has 1 aromatic rings. The Labute approximate surface area is 100 Å². The van der Waals surface area contributed by atoms with Gasteiger partial charge in [0, 0.05) is 18.4 Å². The van der Waals surface area contributed by atoms with Gasteiger partial charge < -0.3 is 15.2 Å². The lowest BCUT2D eigenvalue weighted by molar-refractivity contribution is 0.0105. The number of nitrogens with one attached hydrogen (secondary N) is 1. The van der Waals surface area contributed by atoms with Crippen molar-refractivity contribution in [3.05, 3.63) is 29.6 Å². The molecular formula is C12H17N3O2. The molecule has 1 atom stereocenters. The van der Waals surface area contributed by atoms with Crippen molar-refractivity contribution >= 4 is 5.84 Å². The number of hydrogen-bond donors (Lipinski definition) is 2. The van der Waals surface area contributed by atoms with Crippen LogP contribution in [0.3, 0.4) is 0 Å². The van der Waals surface area contributed by atoms with Crippen LogP contribution in [-0.4, -0.2) is 30.1 Å². The second kappa shape index (κ2) is 5.75. The molecule has 1 unspecified atom stereocenters. The van der Waals surface area contributed by atoms with E-state index in [9.17, 15) is 0 Å². The maximum absolute atomic E-state index is 7.41. The molecule has 3 N–H and O–H groups in total. The summed E-state index contributed by atoms with van der Waals surface area (Å²) in [5, 5.41) is 7.41. The Morgan fingerprint density at radius 1 is 1.65 bits per heavy atom. The molecule has 0 spiro atoms. The smallest absolute Gasteiger partial charge is 0.142 e. The average Bonchev–Trinajstić information content (AvgIpc) is 2.82. The van der Waals surface area contributed by atoms with E-state index >= 15 is 0 Å². The van der Waals surface area contributed by atoms with Gasteiger partial charge in [-0.1, -0.05) is 6.07 Å². The van der Waals surface area contributed by atoms with Gasteiger partial charge in [0.25, 0.3) is 0 Å². The first-order valence-electron chi connectivity index (χ1n) is 5.75. The van der Waals surface area contributed by atoms with Gasteiger partial charge in [0.15, 0.2) is 0 Å². The van der Waals surface area contributed by atoms with Crippen LogP contribution in [0.15, 0.2) is 18.3 Å². The minimum atomic E-state index is -0.0266. The number of nitrogens with two attached hydrogens (primary N) is 1. The first-order valence-corrected chi connectivity index (χ1v) is 5.75. The van der Waals surface area contributed by atoms with Gasteiger partial charge in [-0.2, -0.15) is 0 Å². The van der Waals surface area contributed by atoms with Crippen molar-refractivity contribution in [2.75, 3.05) is 13.2 Å². The van der Waals surface area contributed by atoms with Crippen LogP contribution in [0, 0.1) is 5.41 Å². The van der Waals surface area contributed by atoms with Crippen LogP contribution in [0.4, 0.5) is 0 Å². The Bertz CT molecular complexity index is 389. The largest absolute Gasteiger partial charge is 0.382 e. The number of rotatable bonds is 5. The molecule has 5 heteroatoms. The number of amidine groups is 1. The van der Waals surface area contributed by atoms with Crippen molar-refractivity contribution in [2.24, 2.45) is 5.73 Å². The summed E-state index contributed by atoms with van der Waals surface area (Å²) in [5.41, 5.74) is 6.79. The van der Waals surface area contributed by atoms with Gasteiger partial charge in [0.05, 0.1) is 19.3 Å². The third-order valence-electron chi connectivity index (χ3n) is 2.73. The first-order chi connectivity index (χ1) is 8.27. The second-order valence-electron chi connectivity index (χ2n) is 4.07. The topological polar surface area (TPSA) is 81.2 Å². The molecule has 1 aliphatic rings. The van der Waals surface area contributed by atoms with E-state index in [-0.39, 0.29) is 11.9 Å². The Hall–Kier alpha value is -1.46. The molecule has 17 heavy (non-hydrogen) atoms. The summed E-state index contributed by atoms with van der Waals surface area (Å²) >= 11 is 0. The van der Waals surface area contributed by atoms with Crippen LogP contribution >= 0.6 is 0 Å². The zero-order valence-corrected chi connectivity index (χ0v) is 9.69. The molecule has 2 heterocycles. The van der Waals surface area contributed by atoms with E-state index in [0.29, 0.717) is 18.9 Å². The monoisotopic (exact) mass is 235 g/mol. The summed E-state index contributed by atoms with van der Waals surface area (Å²) in [6.45, 7) is 1.84. The van der Waals surface area contributed by atoms with Crippen LogP contribution in [0.25, 0.3) is 0 Å². The fourth-order valence-electron chi connectivity index (χ4n) is 1.87. The van der Waals surface area contributed by atoms with Gasteiger partial charge in [0.1, 0.15) is 11.5 Å². The number of hydrogen-bond acceptors (Lipinski definition) is 4. The Morgan fingerprint density at radius 3 is 3.24 bits per heavy atom. The molecule has 2 rings (SSSR count). The summed E-state index contributed by atoms with van der Waals surface area (Å²) in [6, 6.07) is 3.69. The standard InChI is InChI=1S/C12H17N3O2/c13-12(14)11-9(3-1-5-15-11)7-16-8-10-4-2-6-17-10/h1,3,5,10H,2,4,6-8H2,(H3,13,14). The fraction of sp³-hybridized carbons (Fsp3) is 0.500. The highest BCUT2D eigenvalue weighted by Gasteiger charge is 2.15. The molecule has 0 aliphatic carbocycles. The summed E-state index contributed by atoms with van der Waals surface area (Å²) in [5.74, 6) is -0.0266. The molecule has 1 aliphatic heterocycles. The van der Waals surface area contributed by atoms with E-state index < -0.39 is 0 Å². The molecule has 0 bridgehead atoms. The van der Waals surface area contributed by atoms with Gasteiger partial charge in [-0.05, 0) is 18.9 Å². The quantitative estimate of drug-likeness (QED) is 0.590. The zero-order chi connectivity index (χ0) is 12.1. The van der Waals surface area contributed by atoms with Gasteiger partial charge >= 0.3 is 0 Å². The Morgan fingerprint density at radius 2 is 2.53 bits per heavy atom. The number of pyridine rings is 1. The molecule has 0 radical (unpaired) electrons. The summed E-state index contributed by atoms with van der Waals surface area (Å²) in [7, 11) is 0. The van der Waals surface area contributed by atoms with Crippen molar-refractivity contribution in [2.45, 2.75) is 25.6 Å². The summed E-state index contributed by atoms with van der Waals surface area (Å²) < 4.78 is 11.0. The lowest BCUT2D eigenvalue weighted by atomic mass is 10.2. The molecule has 5 nitrogen and oxygen atoms in total. The predicted octanol–water partition coefficient (Wildman–Crippen LogP) is 1.06. The van der Waals surface area contributed by atoms with E-state index in [1.165, 1.54) is 0 Å². The molecule has 0 saturated carbocycles. The average molecular weight is 235 g/mol. The third kappa shape index (κ3) is 3.25. The van der Waals surface area contributed by atoms with Crippen LogP contribution in [0.5, 0.6) is 0 Å². The maximum Gasteiger partial charge on any atom is 0.142 e. The van der Waals surface area contributed by atoms with Gasteiger partial charge in [-0.3, -0.25) is 10.4 Å². The highest BCUT2D eigenvalue weighted by atomic mass is 16.5. The SMILES string of the molecule is N=C(N)c1ncccc1COCC1CCCO1. The van der Waals surface area contributed by atoms with Crippen LogP contribution in [0.2, 0.25) is 0 Å². The maximum atomic E-state index is 7.41. The van der Waals surface area contributed by atoms with Crippen molar-refractivity contribution in [1.29, 1.82) is 5.41 Å². The molecule has 0 aromatic carbocycles. The number of aromatic nitrogens is 1. The lowest BCUT2D eigenvalue weighted by Gasteiger charge is -2.11. The van der Waals surface area contributed by atoms with Gasteiger partial charge in [-0.15, -0.1) is 0 Å². The van der Waals surface area contributed by atoms with Crippen molar-refractivity contribution < 1.29 is 9.47 Å².